The molecule has 5 heteroatoms. The Morgan fingerprint density at radius 1 is 1.14 bits per heavy atom. The fourth-order valence-corrected chi connectivity index (χ4v) is 2.50. The molecule has 0 aliphatic carbocycles. The Labute approximate surface area is 126 Å². The van der Waals surface area contributed by atoms with Crippen molar-refractivity contribution in [3.05, 3.63) is 64.8 Å². The first-order valence-corrected chi connectivity index (χ1v) is 6.92. The maximum Gasteiger partial charge on any atom is 0.325 e. The third kappa shape index (κ3) is 2.90. The highest BCUT2D eigenvalue weighted by molar-refractivity contribution is 6.30. The summed E-state index contributed by atoms with van der Waals surface area (Å²) in [5.74, 6) is -0.902. The first-order chi connectivity index (χ1) is 10.1. The number of aliphatic carboxylic acids is 1. The van der Waals surface area contributed by atoms with Gasteiger partial charge in [-0.25, -0.2) is 0 Å². The zero-order valence-corrected chi connectivity index (χ0v) is 11.9. The Hall–Kier alpha value is -2.33. The van der Waals surface area contributed by atoms with Crippen LogP contribution in [-0.2, 0) is 17.8 Å². The number of hydrogen-bond acceptors (Lipinski definition) is 2. The van der Waals surface area contributed by atoms with E-state index in [0.717, 1.165) is 22.2 Å². The highest BCUT2D eigenvalue weighted by Gasteiger charge is 2.12. The summed E-state index contributed by atoms with van der Waals surface area (Å²) in [6.07, 6.45) is 0.643. The first-order valence-electron chi connectivity index (χ1n) is 6.54. The van der Waals surface area contributed by atoms with Crippen molar-refractivity contribution in [2.24, 2.45) is 0 Å². The van der Waals surface area contributed by atoms with Crippen molar-refractivity contribution in [1.29, 1.82) is 0 Å². The van der Waals surface area contributed by atoms with E-state index in [-0.39, 0.29) is 6.54 Å². The van der Waals surface area contributed by atoms with Gasteiger partial charge in [0.05, 0.1) is 11.2 Å². The Bertz CT molecular complexity index is 794. The van der Waals surface area contributed by atoms with Gasteiger partial charge in [0, 0.05) is 16.8 Å². The number of fused-ring (bicyclic) bond motifs is 1. The smallest absolute Gasteiger partial charge is 0.325 e. The van der Waals surface area contributed by atoms with Crippen molar-refractivity contribution in [3.8, 4) is 0 Å². The summed E-state index contributed by atoms with van der Waals surface area (Å²) >= 11 is 5.89. The fourth-order valence-electron chi connectivity index (χ4n) is 2.37. The van der Waals surface area contributed by atoms with Gasteiger partial charge in [-0.15, -0.1) is 0 Å². The second-order valence-electron chi connectivity index (χ2n) is 4.82. The zero-order chi connectivity index (χ0) is 14.8. The summed E-state index contributed by atoms with van der Waals surface area (Å²) in [6, 6.07) is 15.2. The van der Waals surface area contributed by atoms with Crippen LogP contribution in [0.3, 0.4) is 0 Å². The van der Waals surface area contributed by atoms with Crippen LogP contribution in [0.25, 0.3) is 10.9 Å². The minimum absolute atomic E-state index is 0.138. The topological polar surface area (TPSA) is 55.1 Å². The third-order valence-corrected chi connectivity index (χ3v) is 3.56. The maximum absolute atomic E-state index is 10.9. The van der Waals surface area contributed by atoms with E-state index >= 15 is 0 Å². The van der Waals surface area contributed by atoms with Crippen molar-refractivity contribution in [3.63, 3.8) is 0 Å². The Kier molecular flexibility index (Phi) is 3.62. The molecule has 2 aromatic carbocycles. The number of para-hydroxylation sites is 1. The predicted octanol–water partition coefficient (Wildman–Crippen LogP) is 3.37. The molecule has 3 rings (SSSR count). The highest BCUT2D eigenvalue weighted by Crippen LogP contribution is 2.21. The minimum Gasteiger partial charge on any atom is -0.480 e. The minimum atomic E-state index is -0.902. The molecule has 0 aliphatic heterocycles. The molecule has 0 saturated carbocycles. The van der Waals surface area contributed by atoms with Crippen molar-refractivity contribution >= 4 is 28.5 Å². The average Bonchev–Trinajstić information content (AvgIpc) is 2.79. The molecule has 0 unspecified atom stereocenters. The standard InChI is InChI=1S/C16H13ClN2O2/c17-12-7-5-11(6-8-12)9-14-13-3-1-2-4-15(13)19(18-14)10-16(20)21/h1-8H,9-10H2,(H,20,21). The quantitative estimate of drug-likeness (QED) is 0.804. The molecular weight excluding hydrogens is 288 g/mol. The average molecular weight is 301 g/mol. The van der Waals surface area contributed by atoms with Crippen molar-refractivity contribution in [2.45, 2.75) is 13.0 Å². The summed E-state index contributed by atoms with van der Waals surface area (Å²) in [7, 11) is 0. The van der Waals surface area contributed by atoms with Gasteiger partial charge in [0.2, 0.25) is 0 Å². The highest BCUT2D eigenvalue weighted by atomic mass is 35.5. The molecule has 0 aliphatic rings. The Balaban J connectivity index is 2.01. The van der Waals surface area contributed by atoms with Gasteiger partial charge < -0.3 is 5.11 Å². The SMILES string of the molecule is O=C(O)Cn1nc(Cc2ccc(Cl)cc2)c2ccccc21. The van der Waals surface area contributed by atoms with Crippen LogP contribution in [0.1, 0.15) is 11.3 Å². The van der Waals surface area contributed by atoms with Gasteiger partial charge in [-0.3, -0.25) is 9.48 Å². The maximum atomic E-state index is 10.9. The van der Waals surface area contributed by atoms with E-state index < -0.39 is 5.97 Å². The van der Waals surface area contributed by atoms with E-state index in [1.54, 1.807) is 0 Å². The molecule has 4 nitrogen and oxygen atoms in total. The number of halogens is 1. The van der Waals surface area contributed by atoms with E-state index in [1.807, 2.05) is 48.5 Å². The molecule has 106 valence electrons. The number of benzene rings is 2. The molecule has 0 bridgehead atoms. The van der Waals surface area contributed by atoms with Crippen LogP contribution in [0.4, 0.5) is 0 Å². The normalized spacial score (nSPS) is 10.9. The summed E-state index contributed by atoms with van der Waals surface area (Å²) in [5.41, 5.74) is 2.79. The molecule has 0 atom stereocenters. The van der Waals surface area contributed by atoms with E-state index in [9.17, 15) is 4.79 Å². The summed E-state index contributed by atoms with van der Waals surface area (Å²) in [5, 5.41) is 15.1. The number of carbonyl (C=O) groups is 1. The predicted molar refractivity (Wildman–Crippen MR) is 81.6 cm³/mol. The second-order valence-corrected chi connectivity index (χ2v) is 5.25. The van der Waals surface area contributed by atoms with Gasteiger partial charge in [-0.2, -0.15) is 5.10 Å². The van der Waals surface area contributed by atoms with Crippen LogP contribution in [0.2, 0.25) is 5.02 Å². The molecule has 21 heavy (non-hydrogen) atoms. The number of rotatable bonds is 4. The van der Waals surface area contributed by atoms with Crippen molar-refractivity contribution < 1.29 is 9.90 Å². The monoisotopic (exact) mass is 300 g/mol. The largest absolute Gasteiger partial charge is 0.480 e. The van der Waals surface area contributed by atoms with Gasteiger partial charge in [0.1, 0.15) is 6.54 Å². The number of nitrogens with zero attached hydrogens (tertiary/aromatic N) is 2. The van der Waals surface area contributed by atoms with E-state index in [2.05, 4.69) is 5.10 Å². The number of carboxylic acids is 1. The number of carboxylic acid groups (broad SMARTS) is 1. The lowest BCUT2D eigenvalue weighted by atomic mass is 10.1. The summed E-state index contributed by atoms with van der Waals surface area (Å²) < 4.78 is 1.53. The number of hydrogen-bond donors (Lipinski definition) is 1. The Morgan fingerprint density at radius 2 is 1.86 bits per heavy atom. The molecule has 0 fully saturated rings. The van der Waals surface area contributed by atoms with Gasteiger partial charge >= 0.3 is 5.97 Å². The molecule has 0 saturated heterocycles. The van der Waals surface area contributed by atoms with Gasteiger partial charge in [0.15, 0.2) is 0 Å². The summed E-state index contributed by atoms with van der Waals surface area (Å²) in [4.78, 5) is 10.9. The molecule has 3 aromatic rings. The molecule has 0 radical (unpaired) electrons. The second kappa shape index (κ2) is 5.58. The van der Waals surface area contributed by atoms with Crippen LogP contribution < -0.4 is 0 Å². The van der Waals surface area contributed by atoms with Crippen molar-refractivity contribution in [1.82, 2.24) is 9.78 Å². The van der Waals surface area contributed by atoms with Crippen LogP contribution in [-0.4, -0.2) is 20.9 Å². The molecule has 0 spiro atoms. The molecule has 1 N–H and O–H groups in total. The van der Waals surface area contributed by atoms with Crippen LogP contribution >= 0.6 is 11.6 Å². The first kappa shape index (κ1) is 13.6. The van der Waals surface area contributed by atoms with E-state index in [1.165, 1.54) is 4.68 Å². The molecule has 1 heterocycles. The van der Waals surface area contributed by atoms with Crippen LogP contribution in [0.15, 0.2) is 48.5 Å². The van der Waals surface area contributed by atoms with E-state index in [4.69, 9.17) is 16.7 Å². The Morgan fingerprint density at radius 3 is 2.57 bits per heavy atom. The summed E-state index contributed by atoms with van der Waals surface area (Å²) in [6.45, 7) is -0.138. The lowest BCUT2D eigenvalue weighted by Crippen LogP contribution is -2.10. The van der Waals surface area contributed by atoms with Gasteiger partial charge in [-0.05, 0) is 23.8 Å². The fraction of sp³-hybridized carbons (Fsp3) is 0.125. The van der Waals surface area contributed by atoms with Crippen molar-refractivity contribution in [2.75, 3.05) is 0 Å². The van der Waals surface area contributed by atoms with Gasteiger partial charge in [0.25, 0.3) is 0 Å². The lowest BCUT2D eigenvalue weighted by molar-refractivity contribution is -0.137. The van der Waals surface area contributed by atoms with Gasteiger partial charge in [-0.1, -0.05) is 41.9 Å². The molecule has 1 aromatic heterocycles. The molecule has 0 amide bonds. The number of aromatic nitrogens is 2. The van der Waals surface area contributed by atoms with Crippen LogP contribution in [0.5, 0.6) is 0 Å². The zero-order valence-electron chi connectivity index (χ0n) is 11.2. The third-order valence-electron chi connectivity index (χ3n) is 3.30. The molecular formula is C16H13ClN2O2. The van der Waals surface area contributed by atoms with Crippen LogP contribution in [0, 0.1) is 0 Å². The van der Waals surface area contributed by atoms with E-state index in [0.29, 0.717) is 11.4 Å². The lowest BCUT2D eigenvalue weighted by Gasteiger charge is -1.99.